The summed E-state index contributed by atoms with van der Waals surface area (Å²) in [7, 11) is 1.38. The topological polar surface area (TPSA) is 70.1 Å². The van der Waals surface area contributed by atoms with E-state index in [1.54, 1.807) is 12.5 Å². The molecule has 0 fully saturated rings. The molecule has 0 unspecified atom stereocenters. The second kappa shape index (κ2) is 4.91. The number of carbonyl (C=O) groups excluding carboxylic acids is 1. The number of hydrogen-bond acceptors (Lipinski definition) is 5. The van der Waals surface area contributed by atoms with Crippen LogP contribution >= 0.6 is 11.3 Å². The second-order valence-electron chi connectivity index (χ2n) is 4.07. The largest absolute Gasteiger partial charge is 0.465 e. The molecular formula is C12H15N3O2S. The quantitative estimate of drug-likeness (QED) is 0.862. The van der Waals surface area contributed by atoms with E-state index in [1.807, 2.05) is 23.8 Å². The van der Waals surface area contributed by atoms with Crippen LogP contribution in [0.25, 0.3) is 5.69 Å². The molecule has 0 amide bonds. The lowest BCUT2D eigenvalue weighted by molar-refractivity contribution is 0.0606. The van der Waals surface area contributed by atoms with Crippen molar-refractivity contribution in [2.75, 3.05) is 7.11 Å². The molecule has 0 saturated heterocycles. The van der Waals surface area contributed by atoms with Gasteiger partial charge < -0.3 is 10.5 Å². The maximum atomic E-state index is 11.7. The molecule has 96 valence electrons. The van der Waals surface area contributed by atoms with Crippen LogP contribution < -0.4 is 5.73 Å². The third-order valence-electron chi connectivity index (χ3n) is 2.69. The molecule has 2 aromatic rings. The van der Waals surface area contributed by atoms with Crippen molar-refractivity contribution in [2.45, 2.75) is 19.9 Å². The highest BCUT2D eigenvalue weighted by Gasteiger charge is 2.20. The number of nitrogens with zero attached hydrogens (tertiary/aromatic N) is 2. The molecule has 0 saturated carbocycles. The zero-order chi connectivity index (χ0) is 13.3. The summed E-state index contributed by atoms with van der Waals surface area (Å²) >= 11 is 1.36. The minimum atomic E-state index is -0.340. The SMILES string of the molecule is COC(=O)c1scc(C)c1-n1cncc1[C@H](C)N. The van der Waals surface area contributed by atoms with Crippen molar-refractivity contribution in [1.82, 2.24) is 9.55 Å². The number of imidazole rings is 1. The van der Waals surface area contributed by atoms with Crippen molar-refractivity contribution in [1.29, 1.82) is 0 Å². The van der Waals surface area contributed by atoms with Crippen LogP contribution in [0.3, 0.4) is 0 Å². The van der Waals surface area contributed by atoms with Gasteiger partial charge in [0.25, 0.3) is 0 Å². The van der Waals surface area contributed by atoms with Crippen LogP contribution in [-0.4, -0.2) is 22.6 Å². The van der Waals surface area contributed by atoms with E-state index in [-0.39, 0.29) is 12.0 Å². The Balaban J connectivity index is 2.60. The molecule has 2 aromatic heterocycles. The molecule has 2 N–H and O–H groups in total. The Labute approximate surface area is 109 Å². The molecule has 0 spiro atoms. The molecule has 0 bridgehead atoms. The van der Waals surface area contributed by atoms with E-state index < -0.39 is 0 Å². The second-order valence-corrected chi connectivity index (χ2v) is 4.94. The third-order valence-corrected chi connectivity index (χ3v) is 3.75. The fraction of sp³-hybridized carbons (Fsp3) is 0.333. The lowest BCUT2D eigenvalue weighted by Gasteiger charge is -2.12. The van der Waals surface area contributed by atoms with E-state index >= 15 is 0 Å². The number of carbonyl (C=O) groups is 1. The standard InChI is InChI=1S/C12H15N3O2S/c1-7-5-18-11(12(16)17-3)10(7)15-6-14-4-9(15)8(2)13/h4-6,8H,13H2,1-3H3/t8-/m0/s1. The number of esters is 1. The summed E-state index contributed by atoms with van der Waals surface area (Å²) in [6, 6.07) is -0.155. The molecule has 1 atom stereocenters. The van der Waals surface area contributed by atoms with E-state index in [0.29, 0.717) is 4.88 Å². The zero-order valence-electron chi connectivity index (χ0n) is 10.5. The van der Waals surface area contributed by atoms with Gasteiger partial charge in [-0.3, -0.25) is 4.57 Å². The maximum absolute atomic E-state index is 11.7. The summed E-state index contributed by atoms with van der Waals surface area (Å²) in [6.45, 7) is 3.83. The third kappa shape index (κ3) is 2.04. The Morgan fingerprint density at radius 3 is 2.94 bits per heavy atom. The molecule has 0 aliphatic carbocycles. The predicted molar refractivity (Wildman–Crippen MR) is 70.1 cm³/mol. The minimum Gasteiger partial charge on any atom is -0.465 e. The van der Waals surface area contributed by atoms with Crippen LogP contribution in [0.15, 0.2) is 17.9 Å². The number of methoxy groups -OCH3 is 1. The number of aromatic nitrogens is 2. The van der Waals surface area contributed by atoms with Gasteiger partial charge in [-0.05, 0) is 24.8 Å². The number of hydrogen-bond donors (Lipinski definition) is 1. The van der Waals surface area contributed by atoms with Gasteiger partial charge in [0.2, 0.25) is 0 Å². The lowest BCUT2D eigenvalue weighted by atomic mass is 10.2. The minimum absolute atomic E-state index is 0.155. The van der Waals surface area contributed by atoms with E-state index in [4.69, 9.17) is 10.5 Å². The molecule has 18 heavy (non-hydrogen) atoms. The first-order valence-electron chi connectivity index (χ1n) is 5.50. The van der Waals surface area contributed by atoms with Crippen LogP contribution in [0, 0.1) is 6.92 Å². The van der Waals surface area contributed by atoms with Gasteiger partial charge >= 0.3 is 5.97 Å². The number of aryl methyl sites for hydroxylation is 1. The average molecular weight is 265 g/mol. The van der Waals surface area contributed by atoms with Gasteiger partial charge in [0, 0.05) is 6.04 Å². The van der Waals surface area contributed by atoms with Gasteiger partial charge in [-0.15, -0.1) is 11.3 Å². The Kier molecular flexibility index (Phi) is 3.49. The summed E-state index contributed by atoms with van der Waals surface area (Å²) in [5, 5.41) is 1.92. The summed E-state index contributed by atoms with van der Waals surface area (Å²) in [5.74, 6) is -0.340. The Morgan fingerprint density at radius 2 is 2.33 bits per heavy atom. The summed E-state index contributed by atoms with van der Waals surface area (Å²) < 4.78 is 6.65. The van der Waals surface area contributed by atoms with Crippen LogP contribution in [0.4, 0.5) is 0 Å². The van der Waals surface area contributed by atoms with Gasteiger partial charge in [0.05, 0.1) is 31.0 Å². The van der Waals surface area contributed by atoms with E-state index in [1.165, 1.54) is 18.4 Å². The first kappa shape index (κ1) is 12.8. The highest BCUT2D eigenvalue weighted by atomic mass is 32.1. The lowest BCUT2D eigenvalue weighted by Crippen LogP contribution is -2.13. The monoisotopic (exact) mass is 265 g/mol. The van der Waals surface area contributed by atoms with Crippen molar-refractivity contribution in [3.05, 3.63) is 34.0 Å². The zero-order valence-corrected chi connectivity index (χ0v) is 11.3. The molecular weight excluding hydrogens is 250 g/mol. The molecule has 2 heterocycles. The molecule has 6 heteroatoms. The van der Waals surface area contributed by atoms with Crippen LogP contribution in [-0.2, 0) is 4.74 Å². The fourth-order valence-electron chi connectivity index (χ4n) is 1.80. The van der Waals surface area contributed by atoms with E-state index in [2.05, 4.69) is 4.98 Å². The first-order valence-corrected chi connectivity index (χ1v) is 6.38. The van der Waals surface area contributed by atoms with E-state index in [9.17, 15) is 4.79 Å². The van der Waals surface area contributed by atoms with Crippen molar-refractivity contribution in [3.63, 3.8) is 0 Å². The molecule has 2 rings (SSSR count). The maximum Gasteiger partial charge on any atom is 0.350 e. The number of thiophene rings is 1. The predicted octanol–water partition coefficient (Wildman–Crippen LogP) is 2.05. The summed E-state index contributed by atoms with van der Waals surface area (Å²) in [6.07, 6.45) is 3.38. The Bertz CT molecular complexity index is 572. The average Bonchev–Trinajstić information content (AvgIpc) is 2.93. The Hall–Kier alpha value is -1.66. The highest BCUT2D eigenvalue weighted by molar-refractivity contribution is 7.12. The van der Waals surface area contributed by atoms with Crippen molar-refractivity contribution < 1.29 is 9.53 Å². The smallest absolute Gasteiger partial charge is 0.350 e. The van der Waals surface area contributed by atoms with E-state index in [0.717, 1.165) is 16.9 Å². The van der Waals surface area contributed by atoms with Gasteiger partial charge in [-0.1, -0.05) is 0 Å². The number of nitrogens with two attached hydrogens (primary N) is 1. The number of rotatable bonds is 3. The van der Waals surface area contributed by atoms with Crippen LogP contribution in [0.2, 0.25) is 0 Å². The van der Waals surface area contributed by atoms with Gasteiger partial charge in [-0.2, -0.15) is 0 Å². The van der Waals surface area contributed by atoms with Crippen molar-refractivity contribution in [3.8, 4) is 5.69 Å². The van der Waals surface area contributed by atoms with Gasteiger partial charge in [0.1, 0.15) is 4.88 Å². The highest BCUT2D eigenvalue weighted by Crippen LogP contribution is 2.29. The Morgan fingerprint density at radius 1 is 1.61 bits per heavy atom. The van der Waals surface area contributed by atoms with Crippen molar-refractivity contribution >= 4 is 17.3 Å². The van der Waals surface area contributed by atoms with Gasteiger partial charge in [-0.25, -0.2) is 9.78 Å². The molecule has 0 aliphatic heterocycles. The normalized spacial score (nSPS) is 12.4. The first-order chi connectivity index (χ1) is 8.56. The van der Waals surface area contributed by atoms with Crippen LogP contribution in [0.5, 0.6) is 0 Å². The summed E-state index contributed by atoms with van der Waals surface area (Å²) in [4.78, 5) is 16.4. The number of ether oxygens (including phenoxy) is 1. The molecule has 0 aliphatic rings. The summed E-state index contributed by atoms with van der Waals surface area (Å²) in [5.41, 5.74) is 8.57. The molecule has 5 nitrogen and oxygen atoms in total. The van der Waals surface area contributed by atoms with Crippen LogP contribution in [0.1, 0.15) is 33.9 Å². The molecule has 0 radical (unpaired) electrons. The fourth-order valence-corrected chi connectivity index (χ4v) is 2.76. The van der Waals surface area contributed by atoms with Gasteiger partial charge in [0.15, 0.2) is 0 Å². The van der Waals surface area contributed by atoms with Crippen molar-refractivity contribution in [2.24, 2.45) is 5.73 Å². The molecule has 0 aromatic carbocycles.